The van der Waals surface area contributed by atoms with Gasteiger partial charge in [0.25, 0.3) is 0 Å². The van der Waals surface area contributed by atoms with Gasteiger partial charge in [-0.25, -0.2) is 8.42 Å². The summed E-state index contributed by atoms with van der Waals surface area (Å²) >= 11 is 0. The fourth-order valence-corrected chi connectivity index (χ4v) is 3.85. The van der Waals surface area contributed by atoms with E-state index in [2.05, 4.69) is 11.8 Å². The molecule has 0 aromatic heterocycles. The lowest BCUT2D eigenvalue weighted by molar-refractivity contribution is 0.350. The van der Waals surface area contributed by atoms with Crippen molar-refractivity contribution in [2.45, 2.75) is 18.4 Å². The smallest absolute Gasteiger partial charge is 0.243 e. The van der Waals surface area contributed by atoms with E-state index in [1.54, 1.807) is 13.0 Å². The van der Waals surface area contributed by atoms with Crippen molar-refractivity contribution in [3.8, 4) is 17.6 Å². The molecule has 1 N–H and O–H groups in total. The average molecular weight is 359 g/mol. The Hall–Kier alpha value is -2.33. The number of hydrogen-bond donors (Lipinski definition) is 1. The predicted molar refractivity (Wildman–Crippen MR) is 96.7 cm³/mol. The highest BCUT2D eigenvalue weighted by Gasteiger charge is 2.24. The molecule has 0 amide bonds. The Bertz CT molecular complexity index is 867. The first-order valence-electron chi connectivity index (χ1n) is 7.84. The maximum absolute atomic E-state index is 13.0. The second kappa shape index (κ2) is 8.67. The summed E-state index contributed by atoms with van der Waals surface area (Å²) in [7, 11) is -2.19. The van der Waals surface area contributed by atoms with Crippen LogP contribution < -0.4 is 4.74 Å². The molecule has 2 aromatic carbocycles. The predicted octanol–water partition coefficient (Wildman–Crippen LogP) is 2.25. The van der Waals surface area contributed by atoms with Crippen LogP contribution in [0.3, 0.4) is 0 Å². The highest BCUT2D eigenvalue weighted by molar-refractivity contribution is 7.89. The standard InChI is InChI=1S/C19H21NO4S/c1-3-20(15-16-8-5-4-6-9-16)25(22,23)18-11-12-19(24-2)17(14-18)10-7-13-21/h4-6,8-9,11-12,14,21H,3,13,15H2,1-2H3. The van der Waals surface area contributed by atoms with Crippen molar-refractivity contribution in [3.63, 3.8) is 0 Å². The molecule has 0 bridgehead atoms. The minimum Gasteiger partial charge on any atom is -0.495 e. The fourth-order valence-electron chi connectivity index (χ4n) is 2.38. The minimum absolute atomic E-state index is 0.147. The summed E-state index contributed by atoms with van der Waals surface area (Å²) in [5, 5.41) is 8.87. The molecule has 2 aromatic rings. The topological polar surface area (TPSA) is 66.8 Å². The van der Waals surface area contributed by atoms with Crippen molar-refractivity contribution in [1.29, 1.82) is 0 Å². The molecule has 0 heterocycles. The van der Waals surface area contributed by atoms with Crippen LogP contribution in [0.25, 0.3) is 0 Å². The summed E-state index contributed by atoms with van der Waals surface area (Å²) in [5.74, 6) is 5.71. The largest absolute Gasteiger partial charge is 0.495 e. The van der Waals surface area contributed by atoms with Crippen molar-refractivity contribution in [2.75, 3.05) is 20.3 Å². The Morgan fingerprint density at radius 3 is 2.48 bits per heavy atom. The van der Waals surface area contributed by atoms with Gasteiger partial charge in [0.1, 0.15) is 12.4 Å². The van der Waals surface area contributed by atoms with Gasteiger partial charge in [-0.2, -0.15) is 4.31 Å². The lowest BCUT2D eigenvalue weighted by atomic mass is 10.2. The van der Waals surface area contributed by atoms with Crippen molar-refractivity contribution in [3.05, 3.63) is 59.7 Å². The number of aliphatic hydroxyl groups excluding tert-OH is 1. The normalized spacial score (nSPS) is 11.0. The van der Waals surface area contributed by atoms with Crippen LogP contribution in [-0.4, -0.2) is 38.1 Å². The van der Waals surface area contributed by atoms with Gasteiger partial charge in [0.05, 0.1) is 17.6 Å². The average Bonchev–Trinajstić information content (AvgIpc) is 2.64. The van der Waals surface area contributed by atoms with Crippen LogP contribution in [0.4, 0.5) is 0 Å². The number of nitrogens with zero attached hydrogens (tertiary/aromatic N) is 1. The van der Waals surface area contributed by atoms with Gasteiger partial charge in [-0.3, -0.25) is 0 Å². The van der Waals surface area contributed by atoms with E-state index in [1.165, 1.54) is 23.5 Å². The zero-order chi connectivity index (χ0) is 18.3. The molecule has 0 fully saturated rings. The molecule has 0 spiro atoms. The van der Waals surface area contributed by atoms with Gasteiger partial charge in [0.2, 0.25) is 10.0 Å². The van der Waals surface area contributed by atoms with Gasteiger partial charge in [0, 0.05) is 13.1 Å². The molecule has 25 heavy (non-hydrogen) atoms. The Morgan fingerprint density at radius 2 is 1.88 bits per heavy atom. The molecule has 0 aliphatic rings. The summed E-state index contributed by atoms with van der Waals surface area (Å²) < 4.78 is 32.6. The van der Waals surface area contributed by atoms with Crippen molar-refractivity contribution >= 4 is 10.0 Å². The van der Waals surface area contributed by atoms with Crippen LogP contribution in [0, 0.1) is 11.8 Å². The summed E-state index contributed by atoms with van der Waals surface area (Å²) in [5.41, 5.74) is 1.34. The molecule has 0 saturated carbocycles. The van der Waals surface area contributed by atoms with Gasteiger partial charge < -0.3 is 9.84 Å². The Morgan fingerprint density at radius 1 is 1.16 bits per heavy atom. The zero-order valence-corrected chi connectivity index (χ0v) is 15.1. The molecular formula is C19H21NO4S. The molecule has 0 aliphatic heterocycles. The Kier molecular flexibility index (Phi) is 6.59. The maximum atomic E-state index is 13.0. The van der Waals surface area contributed by atoms with E-state index in [-0.39, 0.29) is 11.5 Å². The van der Waals surface area contributed by atoms with Crippen LogP contribution >= 0.6 is 0 Å². The number of rotatable bonds is 6. The van der Waals surface area contributed by atoms with Crippen molar-refractivity contribution in [1.82, 2.24) is 4.31 Å². The molecule has 2 rings (SSSR count). The van der Waals surface area contributed by atoms with Crippen LogP contribution in [0.2, 0.25) is 0 Å². The molecule has 6 heteroatoms. The monoisotopic (exact) mass is 359 g/mol. The summed E-state index contributed by atoms with van der Waals surface area (Å²) in [6.45, 7) is 2.13. The number of benzene rings is 2. The maximum Gasteiger partial charge on any atom is 0.243 e. The first kappa shape index (κ1) is 19.0. The summed E-state index contributed by atoms with van der Waals surface area (Å²) in [6.07, 6.45) is 0. The second-order valence-corrected chi connectivity index (χ2v) is 7.18. The first-order chi connectivity index (χ1) is 12.0. The third kappa shape index (κ3) is 4.60. The molecule has 0 saturated heterocycles. The molecule has 0 atom stereocenters. The van der Waals surface area contributed by atoms with Gasteiger partial charge in [-0.1, -0.05) is 49.1 Å². The summed E-state index contributed by atoms with van der Waals surface area (Å²) in [6, 6.07) is 14.0. The Labute approximate surface area is 148 Å². The summed E-state index contributed by atoms with van der Waals surface area (Å²) in [4.78, 5) is 0.147. The lowest BCUT2D eigenvalue weighted by Gasteiger charge is -2.21. The minimum atomic E-state index is -3.67. The van der Waals surface area contributed by atoms with E-state index in [9.17, 15) is 8.42 Å². The number of aliphatic hydroxyl groups is 1. The van der Waals surface area contributed by atoms with Crippen LogP contribution in [0.1, 0.15) is 18.1 Å². The van der Waals surface area contributed by atoms with E-state index < -0.39 is 10.0 Å². The van der Waals surface area contributed by atoms with Gasteiger partial charge in [-0.05, 0) is 23.8 Å². The number of ether oxygens (including phenoxy) is 1. The van der Waals surface area contributed by atoms with Crippen LogP contribution in [0.15, 0.2) is 53.4 Å². The number of hydrogen-bond acceptors (Lipinski definition) is 4. The van der Waals surface area contributed by atoms with E-state index in [1.807, 2.05) is 30.3 Å². The molecule has 5 nitrogen and oxygen atoms in total. The van der Waals surface area contributed by atoms with Crippen LogP contribution in [-0.2, 0) is 16.6 Å². The third-order valence-electron chi connectivity index (χ3n) is 3.67. The van der Waals surface area contributed by atoms with E-state index in [0.717, 1.165) is 5.56 Å². The second-order valence-electron chi connectivity index (χ2n) is 5.24. The fraction of sp³-hybridized carbons (Fsp3) is 0.263. The number of methoxy groups -OCH3 is 1. The van der Waals surface area contributed by atoms with E-state index in [4.69, 9.17) is 9.84 Å². The van der Waals surface area contributed by atoms with Crippen molar-refractivity contribution < 1.29 is 18.3 Å². The van der Waals surface area contributed by atoms with E-state index in [0.29, 0.717) is 24.4 Å². The third-order valence-corrected chi connectivity index (χ3v) is 5.58. The van der Waals surface area contributed by atoms with E-state index >= 15 is 0 Å². The highest BCUT2D eigenvalue weighted by Crippen LogP contribution is 2.25. The SMILES string of the molecule is CCN(Cc1ccccc1)S(=O)(=O)c1ccc(OC)c(C#CCO)c1. The lowest BCUT2D eigenvalue weighted by Crippen LogP contribution is -2.30. The molecule has 0 aliphatic carbocycles. The Balaban J connectivity index is 2.40. The molecule has 132 valence electrons. The van der Waals surface area contributed by atoms with Crippen LogP contribution in [0.5, 0.6) is 5.75 Å². The quantitative estimate of drug-likeness (QED) is 0.804. The van der Waals surface area contributed by atoms with Gasteiger partial charge in [-0.15, -0.1) is 0 Å². The number of sulfonamides is 1. The first-order valence-corrected chi connectivity index (χ1v) is 9.28. The van der Waals surface area contributed by atoms with Crippen molar-refractivity contribution in [2.24, 2.45) is 0 Å². The molecular weight excluding hydrogens is 338 g/mol. The molecule has 0 radical (unpaired) electrons. The van der Waals surface area contributed by atoms with Gasteiger partial charge >= 0.3 is 0 Å². The molecule has 0 unspecified atom stereocenters. The highest BCUT2D eigenvalue weighted by atomic mass is 32.2. The zero-order valence-electron chi connectivity index (χ0n) is 14.3. The van der Waals surface area contributed by atoms with Gasteiger partial charge in [0.15, 0.2) is 0 Å².